The van der Waals surface area contributed by atoms with Crippen molar-refractivity contribution in [1.29, 1.82) is 0 Å². The first-order valence-electron chi connectivity index (χ1n) is 4.46. The highest BCUT2D eigenvalue weighted by molar-refractivity contribution is 14.1. The van der Waals surface area contributed by atoms with Crippen LogP contribution in [0.3, 0.4) is 0 Å². The Morgan fingerprint density at radius 1 is 1.57 bits per heavy atom. The summed E-state index contributed by atoms with van der Waals surface area (Å²) >= 11 is 2.16. The molecule has 3 nitrogen and oxygen atoms in total. The predicted molar refractivity (Wildman–Crippen MR) is 65.9 cm³/mol. The molecule has 0 saturated heterocycles. The number of terminal acetylenes is 1. The van der Waals surface area contributed by atoms with Crippen LogP contribution in [0.1, 0.15) is 19.8 Å². The number of nitrogens with zero attached hydrogens (tertiary/aromatic N) is 2. The number of hydrogen-bond donors (Lipinski definition) is 1. The summed E-state index contributed by atoms with van der Waals surface area (Å²) < 4.78 is 1.01. The summed E-state index contributed by atoms with van der Waals surface area (Å²) in [4.78, 5) is 8.25. The number of halogens is 1. The van der Waals surface area contributed by atoms with Crippen LogP contribution in [0.5, 0.6) is 0 Å². The van der Waals surface area contributed by atoms with Gasteiger partial charge in [0.2, 0.25) is 5.95 Å². The molecule has 74 valence electrons. The third-order valence-electron chi connectivity index (χ3n) is 1.70. The standard InChI is InChI=1S/C10H12IN3/c1-3-5-9(4-2)14-10-12-6-8(11)7-13-10/h2,6-7,9H,3,5H2,1H3,(H,12,13,14). The number of nitrogens with one attached hydrogen (secondary N) is 1. The van der Waals surface area contributed by atoms with Crippen LogP contribution in [0.25, 0.3) is 0 Å². The molecule has 1 N–H and O–H groups in total. The topological polar surface area (TPSA) is 37.8 Å². The fourth-order valence-electron chi connectivity index (χ4n) is 1.03. The Bertz CT molecular complexity index is 315. The number of rotatable bonds is 4. The molecule has 1 aromatic heterocycles. The highest BCUT2D eigenvalue weighted by atomic mass is 127. The molecule has 0 saturated carbocycles. The van der Waals surface area contributed by atoms with E-state index in [2.05, 4.69) is 50.7 Å². The Balaban J connectivity index is 2.59. The fraction of sp³-hybridized carbons (Fsp3) is 0.400. The lowest BCUT2D eigenvalue weighted by molar-refractivity contribution is 0.748. The maximum Gasteiger partial charge on any atom is 0.223 e. The molecular weight excluding hydrogens is 289 g/mol. The van der Waals surface area contributed by atoms with Gasteiger partial charge in [-0.25, -0.2) is 9.97 Å². The summed E-state index contributed by atoms with van der Waals surface area (Å²) in [6.45, 7) is 2.10. The third-order valence-corrected chi connectivity index (χ3v) is 2.26. The zero-order valence-electron chi connectivity index (χ0n) is 8.00. The molecule has 0 aliphatic heterocycles. The Labute approximate surface area is 97.9 Å². The second-order valence-electron chi connectivity index (χ2n) is 2.88. The van der Waals surface area contributed by atoms with E-state index >= 15 is 0 Å². The van der Waals surface area contributed by atoms with Gasteiger partial charge in [0, 0.05) is 16.0 Å². The maximum absolute atomic E-state index is 5.37. The molecule has 1 atom stereocenters. The van der Waals surface area contributed by atoms with Crippen LogP contribution >= 0.6 is 22.6 Å². The Morgan fingerprint density at radius 2 is 2.21 bits per heavy atom. The van der Waals surface area contributed by atoms with E-state index in [0.29, 0.717) is 5.95 Å². The quantitative estimate of drug-likeness (QED) is 0.685. The highest BCUT2D eigenvalue weighted by Crippen LogP contribution is 2.06. The number of aromatic nitrogens is 2. The van der Waals surface area contributed by atoms with Crippen LogP contribution in [-0.2, 0) is 0 Å². The van der Waals surface area contributed by atoms with Crippen LogP contribution in [-0.4, -0.2) is 16.0 Å². The van der Waals surface area contributed by atoms with E-state index in [4.69, 9.17) is 6.42 Å². The smallest absolute Gasteiger partial charge is 0.223 e. The van der Waals surface area contributed by atoms with Crippen molar-refractivity contribution in [2.24, 2.45) is 0 Å². The van der Waals surface area contributed by atoms with E-state index in [0.717, 1.165) is 16.4 Å². The van der Waals surface area contributed by atoms with E-state index < -0.39 is 0 Å². The molecule has 0 amide bonds. The number of hydrogen-bond acceptors (Lipinski definition) is 3. The molecule has 1 aromatic rings. The van der Waals surface area contributed by atoms with Crippen molar-refractivity contribution in [2.75, 3.05) is 5.32 Å². The second kappa shape index (κ2) is 5.81. The molecule has 0 aliphatic carbocycles. The van der Waals surface area contributed by atoms with Crippen LogP contribution in [0.4, 0.5) is 5.95 Å². The highest BCUT2D eigenvalue weighted by Gasteiger charge is 2.04. The molecule has 1 rings (SSSR count). The minimum Gasteiger partial charge on any atom is -0.341 e. The van der Waals surface area contributed by atoms with Gasteiger partial charge in [-0.15, -0.1) is 6.42 Å². The van der Waals surface area contributed by atoms with E-state index in [1.807, 2.05) is 0 Å². The monoisotopic (exact) mass is 301 g/mol. The average molecular weight is 301 g/mol. The maximum atomic E-state index is 5.37. The molecule has 4 heteroatoms. The third kappa shape index (κ3) is 3.50. The molecule has 0 aliphatic rings. The molecule has 1 heterocycles. The zero-order chi connectivity index (χ0) is 10.4. The largest absolute Gasteiger partial charge is 0.341 e. The van der Waals surface area contributed by atoms with Crippen molar-refractivity contribution in [1.82, 2.24) is 9.97 Å². The first-order chi connectivity index (χ1) is 6.76. The lowest BCUT2D eigenvalue weighted by atomic mass is 10.2. The molecule has 0 bridgehead atoms. The molecule has 0 fully saturated rings. The molecule has 0 aromatic carbocycles. The normalized spacial score (nSPS) is 11.8. The van der Waals surface area contributed by atoms with Crippen LogP contribution < -0.4 is 5.32 Å². The molecule has 14 heavy (non-hydrogen) atoms. The van der Waals surface area contributed by atoms with Crippen LogP contribution in [0.2, 0.25) is 0 Å². The summed E-state index contributed by atoms with van der Waals surface area (Å²) in [5, 5.41) is 3.10. The summed E-state index contributed by atoms with van der Waals surface area (Å²) in [6, 6.07) is 0.0278. The zero-order valence-corrected chi connectivity index (χ0v) is 10.2. The summed E-state index contributed by atoms with van der Waals surface area (Å²) in [6.07, 6.45) is 10.9. The van der Waals surface area contributed by atoms with Gasteiger partial charge in [0.15, 0.2) is 0 Å². The predicted octanol–water partition coefficient (Wildman–Crippen LogP) is 2.29. The van der Waals surface area contributed by atoms with Gasteiger partial charge in [0.1, 0.15) is 0 Å². The Morgan fingerprint density at radius 3 is 2.71 bits per heavy atom. The SMILES string of the molecule is C#CC(CCC)Nc1ncc(I)cn1. The van der Waals surface area contributed by atoms with Gasteiger partial charge in [-0.2, -0.15) is 0 Å². The van der Waals surface area contributed by atoms with E-state index in [1.165, 1.54) is 0 Å². The molecule has 0 spiro atoms. The van der Waals surface area contributed by atoms with E-state index in [1.54, 1.807) is 12.4 Å². The number of anilines is 1. The molecular formula is C10H12IN3. The Kier molecular flexibility index (Phi) is 4.66. The van der Waals surface area contributed by atoms with Crippen molar-refractivity contribution >= 4 is 28.5 Å². The lowest BCUT2D eigenvalue weighted by Crippen LogP contribution is -2.18. The van der Waals surface area contributed by atoms with Crippen molar-refractivity contribution in [3.8, 4) is 12.3 Å². The lowest BCUT2D eigenvalue weighted by Gasteiger charge is -2.10. The summed E-state index contributed by atoms with van der Waals surface area (Å²) in [5.41, 5.74) is 0. The van der Waals surface area contributed by atoms with Crippen LogP contribution in [0.15, 0.2) is 12.4 Å². The van der Waals surface area contributed by atoms with Gasteiger partial charge >= 0.3 is 0 Å². The first-order valence-corrected chi connectivity index (χ1v) is 5.54. The minimum absolute atomic E-state index is 0.0278. The fourth-order valence-corrected chi connectivity index (χ4v) is 1.31. The van der Waals surface area contributed by atoms with Gasteiger partial charge < -0.3 is 5.32 Å². The second-order valence-corrected chi connectivity index (χ2v) is 4.12. The first kappa shape index (κ1) is 11.2. The summed E-state index contributed by atoms with van der Waals surface area (Å²) in [5.74, 6) is 3.27. The Hall–Kier alpha value is -0.830. The van der Waals surface area contributed by atoms with Gasteiger partial charge in [0.25, 0.3) is 0 Å². The van der Waals surface area contributed by atoms with Crippen molar-refractivity contribution in [3.05, 3.63) is 16.0 Å². The van der Waals surface area contributed by atoms with Gasteiger partial charge in [-0.05, 0) is 29.0 Å². The molecule has 1 unspecified atom stereocenters. The van der Waals surface area contributed by atoms with Gasteiger partial charge in [-0.1, -0.05) is 19.3 Å². The van der Waals surface area contributed by atoms with E-state index in [9.17, 15) is 0 Å². The van der Waals surface area contributed by atoms with E-state index in [-0.39, 0.29) is 6.04 Å². The average Bonchev–Trinajstić information content (AvgIpc) is 2.20. The molecule has 0 radical (unpaired) electrons. The van der Waals surface area contributed by atoms with Crippen molar-refractivity contribution in [2.45, 2.75) is 25.8 Å². The van der Waals surface area contributed by atoms with Crippen molar-refractivity contribution < 1.29 is 0 Å². The van der Waals surface area contributed by atoms with Crippen molar-refractivity contribution in [3.63, 3.8) is 0 Å². The summed E-state index contributed by atoms with van der Waals surface area (Å²) in [7, 11) is 0. The van der Waals surface area contributed by atoms with Gasteiger partial charge in [0.05, 0.1) is 6.04 Å². The minimum atomic E-state index is 0.0278. The van der Waals surface area contributed by atoms with Crippen LogP contribution in [0, 0.1) is 15.9 Å². The van der Waals surface area contributed by atoms with Gasteiger partial charge in [-0.3, -0.25) is 0 Å².